The summed E-state index contributed by atoms with van der Waals surface area (Å²) in [5, 5.41) is 3.72. The molecule has 1 aliphatic heterocycles. The first-order valence-electron chi connectivity index (χ1n) is 10.2. The molecule has 0 bridgehead atoms. The fraction of sp³-hybridized carbons (Fsp3) is 0.304. The summed E-state index contributed by atoms with van der Waals surface area (Å²) in [5.74, 6) is 0.825. The highest BCUT2D eigenvalue weighted by atomic mass is 32.2. The Hall–Kier alpha value is -3.17. The van der Waals surface area contributed by atoms with Crippen LogP contribution in [0, 0.1) is 13.8 Å². The molecule has 1 aliphatic rings. The molecule has 2 heterocycles. The zero-order valence-electron chi connectivity index (χ0n) is 18.4. The number of carbonyl (C=O) groups excluding carboxylic acids is 1. The number of methoxy groups -OCH3 is 1. The van der Waals surface area contributed by atoms with Crippen LogP contribution in [0.15, 0.2) is 51.9 Å². The van der Waals surface area contributed by atoms with Gasteiger partial charge in [-0.2, -0.15) is 0 Å². The summed E-state index contributed by atoms with van der Waals surface area (Å²) in [6.45, 7) is 5.23. The van der Waals surface area contributed by atoms with Crippen LogP contribution in [0.25, 0.3) is 0 Å². The monoisotopic (exact) mass is 455 g/mol. The van der Waals surface area contributed by atoms with Crippen molar-refractivity contribution in [3.05, 3.63) is 70.6 Å². The van der Waals surface area contributed by atoms with Crippen molar-refractivity contribution in [3.8, 4) is 5.75 Å². The molecule has 0 spiro atoms. The smallest absolute Gasteiger partial charge is 0.258 e. The number of hydrogen-bond acceptors (Lipinski definition) is 6. The van der Waals surface area contributed by atoms with Gasteiger partial charge >= 0.3 is 0 Å². The summed E-state index contributed by atoms with van der Waals surface area (Å²) in [7, 11) is -2.20. The van der Waals surface area contributed by atoms with Crippen molar-refractivity contribution < 1.29 is 22.5 Å². The quantitative estimate of drug-likeness (QED) is 0.612. The second-order valence-corrected chi connectivity index (χ2v) is 9.60. The van der Waals surface area contributed by atoms with E-state index < -0.39 is 10.0 Å². The topological polar surface area (TPSA) is 102 Å². The Morgan fingerprint density at radius 1 is 1.22 bits per heavy atom. The maximum Gasteiger partial charge on any atom is 0.258 e. The summed E-state index contributed by atoms with van der Waals surface area (Å²) in [6.07, 6.45) is 0.738. The Balaban J connectivity index is 1.57. The fourth-order valence-electron chi connectivity index (χ4n) is 4.05. The predicted molar refractivity (Wildman–Crippen MR) is 119 cm³/mol. The highest BCUT2D eigenvalue weighted by Gasteiger charge is 2.32. The van der Waals surface area contributed by atoms with Crippen LogP contribution in [-0.2, 0) is 23.0 Å². The maximum absolute atomic E-state index is 13.2. The molecule has 3 aromatic rings. The van der Waals surface area contributed by atoms with Gasteiger partial charge in [-0.3, -0.25) is 4.79 Å². The number of amides is 1. The predicted octanol–water partition coefficient (Wildman–Crippen LogP) is 3.37. The zero-order chi connectivity index (χ0) is 23.0. The Kier molecular flexibility index (Phi) is 5.79. The molecule has 0 fully saturated rings. The Morgan fingerprint density at radius 2 is 1.94 bits per heavy atom. The normalized spacial score (nSPS) is 15.6. The molecular formula is C23H25N3O5S. The molecular weight excluding hydrogens is 430 g/mol. The SMILES string of the molecule is COc1ccc(C(=O)N2c3cc(CNS(=O)(=O)c4c(C)noc4C)ccc3CC2C)cc1. The van der Waals surface area contributed by atoms with Crippen LogP contribution in [0.5, 0.6) is 5.75 Å². The van der Waals surface area contributed by atoms with Crippen molar-refractivity contribution in [1.29, 1.82) is 0 Å². The van der Waals surface area contributed by atoms with Gasteiger partial charge < -0.3 is 14.2 Å². The molecule has 1 N–H and O–H groups in total. The third-order valence-electron chi connectivity index (χ3n) is 5.62. The summed E-state index contributed by atoms with van der Waals surface area (Å²) < 4.78 is 38.2. The molecule has 1 amide bonds. The lowest BCUT2D eigenvalue weighted by molar-refractivity contribution is 0.0981. The molecule has 1 aromatic heterocycles. The summed E-state index contributed by atoms with van der Waals surface area (Å²) in [6, 6.07) is 12.7. The first-order chi connectivity index (χ1) is 15.2. The summed E-state index contributed by atoms with van der Waals surface area (Å²) in [4.78, 5) is 15.1. The third-order valence-corrected chi connectivity index (χ3v) is 7.27. The van der Waals surface area contributed by atoms with Crippen molar-refractivity contribution >= 4 is 21.6 Å². The molecule has 8 nitrogen and oxygen atoms in total. The lowest BCUT2D eigenvalue weighted by Gasteiger charge is -2.23. The van der Waals surface area contributed by atoms with E-state index in [0.717, 1.165) is 23.2 Å². The number of nitrogens with one attached hydrogen (secondary N) is 1. The van der Waals surface area contributed by atoms with Gasteiger partial charge in [-0.05, 0) is 68.7 Å². The van der Waals surface area contributed by atoms with Gasteiger partial charge in [-0.25, -0.2) is 13.1 Å². The molecule has 32 heavy (non-hydrogen) atoms. The minimum Gasteiger partial charge on any atom is -0.497 e. The number of nitrogens with zero attached hydrogens (tertiary/aromatic N) is 2. The van der Waals surface area contributed by atoms with Gasteiger partial charge in [0.15, 0.2) is 5.76 Å². The van der Waals surface area contributed by atoms with Crippen molar-refractivity contribution in [1.82, 2.24) is 9.88 Å². The fourth-order valence-corrected chi connectivity index (χ4v) is 5.40. The van der Waals surface area contributed by atoms with E-state index in [0.29, 0.717) is 17.0 Å². The minimum absolute atomic E-state index is 0.00570. The lowest BCUT2D eigenvalue weighted by Crippen LogP contribution is -2.35. The molecule has 0 radical (unpaired) electrons. The van der Waals surface area contributed by atoms with E-state index in [2.05, 4.69) is 9.88 Å². The van der Waals surface area contributed by atoms with Gasteiger partial charge in [0.2, 0.25) is 10.0 Å². The number of fused-ring (bicyclic) bond motifs is 1. The highest BCUT2D eigenvalue weighted by Crippen LogP contribution is 2.34. The highest BCUT2D eigenvalue weighted by molar-refractivity contribution is 7.89. The van der Waals surface area contributed by atoms with Gasteiger partial charge in [-0.1, -0.05) is 17.3 Å². The Morgan fingerprint density at radius 3 is 2.56 bits per heavy atom. The van der Waals surface area contributed by atoms with Crippen molar-refractivity contribution in [2.24, 2.45) is 0 Å². The van der Waals surface area contributed by atoms with Crippen molar-refractivity contribution in [2.45, 2.75) is 44.7 Å². The van der Waals surface area contributed by atoms with E-state index in [4.69, 9.17) is 9.26 Å². The van der Waals surface area contributed by atoms with Crippen LogP contribution < -0.4 is 14.4 Å². The van der Waals surface area contributed by atoms with Gasteiger partial charge in [0, 0.05) is 23.8 Å². The first-order valence-corrected chi connectivity index (χ1v) is 11.7. The Labute approximate surface area is 187 Å². The number of anilines is 1. The molecule has 1 unspecified atom stereocenters. The largest absolute Gasteiger partial charge is 0.497 e. The molecule has 9 heteroatoms. The molecule has 4 rings (SSSR count). The number of rotatable bonds is 6. The molecule has 1 atom stereocenters. The van der Waals surface area contributed by atoms with E-state index in [1.165, 1.54) is 0 Å². The van der Waals surface area contributed by atoms with E-state index in [1.807, 2.05) is 25.1 Å². The summed E-state index contributed by atoms with van der Waals surface area (Å²) in [5.41, 5.74) is 3.48. The third kappa shape index (κ3) is 4.01. The van der Waals surface area contributed by atoms with Gasteiger partial charge in [0.05, 0.1) is 7.11 Å². The average molecular weight is 456 g/mol. The molecule has 2 aromatic carbocycles. The van der Waals surface area contributed by atoms with Gasteiger partial charge in [-0.15, -0.1) is 0 Å². The number of aryl methyl sites for hydroxylation is 2. The second kappa shape index (κ2) is 8.40. The molecule has 0 aliphatic carbocycles. The van der Waals surface area contributed by atoms with E-state index in [9.17, 15) is 13.2 Å². The number of aromatic nitrogens is 1. The number of carbonyl (C=O) groups is 1. The van der Waals surface area contributed by atoms with Crippen molar-refractivity contribution in [2.75, 3.05) is 12.0 Å². The molecule has 168 valence electrons. The van der Waals surface area contributed by atoms with Crippen LogP contribution in [0.4, 0.5) is 5.69 Å². The second-order valence-electron chi connectivity index (χ2n) is 7.90. The van der Waals surface area contributed by atoms with Crippen LogP contribution >= 0.6 is 0 Å². The van der Waals surface area contributed by atoms with Crippen LogP contribution in [0.1, 0.15) is 39.9 Å². The average Bonchev–Trinajstić information content (AvgIpc) is 3.29. The first kappa shape index (κ1) is 22.0. The van der Waals surface area contributed by atoms with E-state index in [-0.39, 0.29) is 29.1 Å². The van der Waals surface area contributed by atoms with E-state index >= 15 is 0 Å². The van der Waals surface area contributed by atoms with Crippen molar-refractivity contribution in [3.63, 3.8) is 0 Å². The Bertz CT molecular complexity index is 1250. The zero-order valence-corrected chi connectivity index (χ0v) is 19.2. The van der Waals surface area contributed by atoms with Gasteiger partial charge in [0.1, 0.15) is 16.3 Å². The van der Waals surface area contributed by atoms with Crippen LogP contribution in [0.3, 0.4) is 0 Å². The lowest BCUT2D eigenvalue weighted by atomic mass is 10.1. The van der Waals surface area contributed by atoms with Crippen LogP contribution in [-0.4, -0.2) is 32.6 Å². The van der Waals surface area contributed by atoms with E-state index in [1.54, 1.807) is 50.1 Å². The number of hydrogen-bond donors (Lipinski definition) is 1. The number of sulfonamides is 1. The van der Waals surface area contributed by atoms with Gasteiger partial charge in [0.25, 0.3) is 5.91 Å². The summed E-state index contributed by atoms with van der Waals surface area (Å²) >= 11 is 0. The maximum atomic E-state index is 13.2. The minimum atomic E-state index is -3.78. The van der Waals surface area contributed by atoms with Crippen LogP contribution in [0.2, 0.25) is 0 Å². The standard InChI is InChI=1S/C23H25N3O5S/c1-14-11-19-6-5-17(13-24-32(28,29)22-15(2)25-31-16(22)3)12-21(19)26(14)23(27)18-7-9-20(30-4)10-8-18/h5-10,12,14,24H,11,13H2,1-4H3. The number of benzene rings is 2. The number of ether oxygens (including phenoxy) is 1. The molecule has 0 saturated heterocycles. The molecule has 0 saturated carbocycles.